The molecule has 0 aliphatic carbocycles. The Hall–Kier alpha value is -1.68. The third kappa shape index (κ3) is 4.46. The van der Waals surface area contributed by atoms with Gasteiger partial charge >= 0.3 is 5.97 Å². The van der Waals surface area contributed by atoms with Crippen LogP contribution < -0.4 is 0 Å². The van der Waals surface area contributed by atoms with Crippen LogP contribution in [0.15, 0.2) is 18.2 Å². The van der Waals surface area contributed by atoms with Crippen LogP contribution in [0, 0.1) is 0 Å². The first-order valence-corrected chi connectivity index (χ1v) is 6.79. The van der Waals surface area contributed by atoms with Gasteiger partial charge in [-0.15, -0.1) is 0 Å². The zero-order valence-electron chi connectivity index (χ0n) is 12.5. The molecule has 0 radical (unpaired) electrons. The highest BCUT2D eigenvalue weighted by Crippen LogP contribution is 2.25. The summed E-state index contributed by atoms with van der Waals surface area (Å²) in [7, 11) is 0. The largest absolute Gasteiger partial charge is 0.480 e. The molecule has 4 heteroatoms. The van der Waals surface area contributed by atoms with E-state index in [1.165, 1.54) is 5.56 Å². The molecular weight excluding hydrogens is 256 g/mol. The molecule has 110 valence electrons. The minimum absolute atomic E-state index is 0.176. The first-order chi connectivity index (χ1) is 9.32. The van der Waals surface area contributed by atoms with Gasteiger partial charge in [0.15, 0.2) is 5.78 Å². The number of hydrogen-bond donors (Lipinski definition) is 1. The minimum atomic E-state index is -1.07. The van der Waals surface area contributed by atoms with E-state index in [9.17, 15) is 9.59 Å². The molecule has 0 saturated carbocycles. The molecule has 0 saturated heterocycles. The van der Waals surface area contributed by atoms with Gasteiger partial charge in [-0.1, -0.05) is 45.9 Å². The van der Waals surface area contributed by atoms with Crippen molar-refractivity contribution in [3.8, 4) is 0 Å². The van der Waals surface area contributed by atoms with Crippen molar-refractivity contribution in [3.05, 3.63) is 34.9 Å². The molecule has 0 aliphatic rings. The summed E-state index contributed by atoms with van der Waals surface area (Å²) < 4.78 is 4.87. The highest BCUT2D eigenvalue weighted by atomic mass is 16.5. The van der Waals surface area contributed by atoms with Crippen LogP contribution in [0.3, 0.4) is 0 Å². The van der Waals surface area contributed by atoms with Crippen molar-refractivity contribution in [3.63, 3.8) is 0 Å². The maximum absolute atomic E-state index is 12.1. The van der Waals surface area contributed by atoms with Gasteiger partial charge in [0.25, 0.3) is 0 Å². The summed E-state index contributed by atoms with van der Waals surface area (Å²) in [6.45, 7) is 7.64. The Morgan fingerprint density at radius 2 is 1.75 bits per heavy atom. The summed E-state index contributed by atoms with van der Waals surface area (Å²) in [5.41, 5.74) is 2.80. The van der Waals surface area contributed by atoms with E-state index in [0.717, 1.165) is 5.56 Å². The lowest BCUT2D eigenvalue weighted by Crippen LogP contribution is -2.16. The Balaban J connectivity index is 2.93. The molecule has 0 bridgehead atoms. The molecule has 0 spiro atoms. The lowest BCUT2D eigenvalue weighted by atomic mass is 9.90. The van der Waals surface area contributed by atoms with Gasteiger partial charge in [0.1, 0.15) is 13.2 Å². The number of hydrogen-bond acceptors (Lipinski definition) is 3. The van der Waals surface area contributed by atoms with Crippen LogP contribution in [0.5, 0.6) is 0 Å². The van der Waals surface area contributed by atoms with Gasteiger partial charge in [-0.05, 0) is 23.0 Å². The summed E-state index contributed by atoms with van der Waals surface area (Å²) in [5, 5.41) is 8.50. The number of aliphatic carboxylic acids is 1. The van der Waals surface area contributed by atoms with Gasteiger partial charge in [0.2, 0.25) is 0 Å². The fourth-order valence-electron chi connectivity index (χ4n) is 1.98. The van der Waals surface area contributed by atoms with E-state index in [1.807, 2.05) is 26.0 Å². The lowest BCUT2D eigenvalue weighted by molar-refractivity contribution is -0.141. The number of carbonyl (C=O) groups excluding carboxylic acids is 1. The topological polar surface area (TPSA) is 63.6 Å². The Morgan fingerprint density at radius 1 is 1.10 bits per heavy atom. The van der Waals surface area contributed by atoms with Gasteiger partial charge in [-0.3, -0.25) is 4.79 Å². The minimum Gasteiger partial charge on any atom is -0.480 e. The monoisotopic (exact) mass is 278 g/mol. The Labute approximate surface area is 119 Å². The number of Topliss-reactive ketones (excluding diaryl/α,β-unsaturated/α-hetero) is 1. The number of carbonyl (C=O) groups is 2. The fourth-order valence-corrected chi connectivity index (χ4v) is 1.98. The molecule has 1 rings (SSSR count). The van der Waals surface area contributed by atoms with E-state index in [1.54, 1.807) is 0 Å². The summed E-state index contributed by atoms with van der Waals surface area (Å²) in [5.74, 6) is -0.616. The Bertz CT molecular complexity index is 489. The van der Waals surface area contributed by atoms with Crippen LogP contribution in [0.25, 0.3) is 0 Å². The van der Waals surface area contributed by atoms with Crippen molar-refractivity contribution in [2.75, 3.05) is 13.2 Å². The number of ketones is 1. The Morgan fingerprint density at radius 3 is 2.25 bits per heavy atom. The highest BCUT2D eigenvalue weighted by Gasteiger charge is 2.16. The summed E-state index contributed by atoms with van der Waals surface area (Å²) >= 11 is 0. The van der Waals surface area contributed by atoms with Gasteiger partial charge in [-0.2, -0.15) is 0 Å². The lowest BCUT2D eigenvalue weighted by Gasteiger charge is -2.15. The molecule has 0 heterocycles. The van der Waals surface area contributed by atoms with Crippen LogP contribution in [0.1, 0.15) is 61.0 Å². The highest BCUT2D eigenvalue weighted by molar-refractivity contribution is 5.98. The second-order valence-electron chi connectivity index (χ2n) is 5.47. The SMILES string of the molecule is CC(C)c1ccc(C(=O)COCC(=O)O)c(C(C)C)c1. The molecular formula is C16H22O4. The van der Waals surface area contributed by atoms with Crippen LogP contribution >= 0.6 is 0 Å². The molecule has 4 nitrogen and oxygen atoms in total. The number of benzene rings is 1. The molecule has 1 aromatic rings. The van der Waals surface area contributed by atoms with Crippen LogP contribution in [-0.2, 0) is 9.53 Å². The van der Waals surface area contributed by atoms with Crippen molar-refractivity contribution in [2.24, 2.45) is 0 Å². The normalized spacial score (nSPS) is 11.1. The smallest absolute Gasteiger partial charge is 0.329 e. The van der Waals surface area contributed by atoms with Crippen molar-refractivity contribution in [1.82, 2.24) is 0 Å². The average Bonchev–Trinajstić information content (AvgIpc) is 2.37. The fraction of sp³-hybridized carbons (Fsp3) is 0.500. The molecule has 0 fully saturated rings. The van der Waals surface area contributed by atoms with E-state index in [0.29, 0.717) is 11.5 Å². The first-order valence-electron chi connectivity index (χ1n) is 6.79. The molecule has 0 atom stereocenters. The molecule has 20 heavy (non-hydrogen) atoms. The second kappa shape index (κ2) is 7.20. The standard InChI is InChI=1S/C16H22O4/c1-10(2)12-5-6-13(14(7-12)11(3)4)15(17)8-20-9-16(18)19/h5-7,10-11H,8-9H2,1-4H3,(H,18,19). The van der Waals surface area contributed by atoms with Crippen LogP contribution in [0.4, 0.5) is 0 Å². The van der Waals surface area contributed by atoms with E-state index in [2.05, 4.69) is 19.9 Å². The maximum atomic E-state index is 12.1. The summed E-state index contributed by atoms with van der Waals surface area (Å²) in [4.78, 5) is 22.5. The van der Waals surface area contributed by atoms with Gasteiger partial charge < -0.3 is 9.84 Å². The zero-order chi connectivity index (χ0) is 15.3. The predicted molar refractivity (Wildman–Crippen MR) is 77.4 cm³/mol. The summed E-state index contributed by atoms with van der Waals surface area (Å²) in [6, 6.07) is 5.82. The maximum Gasteiger partial charge on any atom is 0.329 e. The molecule has 1 N–H and O–H groups in total. The van der Waals surface area contributed by atoms with E-state index < -0.39 is 12.6 Å². The summed E-state index contributed by atoms with van der Waals surface area (Å²) in [6.07, 6.45) is 0. The number of carboxylic acids is 1. The molecule has 0 amide bonds. The zero-order valence-corrected chi connectivity index (χ0v) is 12.5. The van der Waals surface area contributed by atoms with Gasteiger partial charge in [0, 0.05) is 5.56 Å². The molecule has 1 aromatic carbocycles. The van der Waals surface area contributed by atoms with E-state index in [4.69, 9.17) is 9.84 Å². The second-order valence-corrected chi connectivity index (χ2v) is 5.47. The number of carboxylic acid groups (broad SMARTS) is 1. The molecule has 0 aliphatic heterocycles. The average molecular weight is 278 g/mol. The predicted octanol–water partition coefficient (Wildman–Crippen LogP) is 3.22. The first kappa shape index (κ1) is 16.4. The number of ether oxygens (including phenoxy) is 1. The molecule has 0 unspecified atom stereocenters. The van der Waals surface area contributed by atoms with Gasteiger partial charge in [-0.25, -0.2) is 4.79 Å². The third-order valence-corrected chi connectivity index (χ3v) is 3.12. The van der Waals surface area contributed by atoms with Crippen molar-refractivity contribution in [1.29, 1.82) is 0 Å². The third-order valence-electron chi connectivity index (χ3n) is 3.12. The van der Waals surface area contributed by atoms with E-state index in [-0.39, 0.29) is 18.3 Å². The number of rotatable bonds is 7. The van der Waals surface area contributed by atoms with Crippen LogP contribution in [-0.4, -0.2) is 30.1 Å². The molecule has 0 aromatic heterocycles. The van der Waals surface area contributed by atoms with Crippen molar-refractivity contribution >= 4 is 11.8 Å². The quantitative estimate of drug-likeness (QED) is 0.778. The van der Waals surface area contributed by atoms with E-state index >= 15 is 0 Å². The van der Waals surface area contributed by atoms with Crippen molar-refractivity contribution in [2.45, 2.75) is 39.5 Å². The van der Waals surface area contributed by atoms with Crippen molar-refractivity contribution < 1.29 is 19.4 Å². The van der Waals surface area contributed by atoms with Crippen LogP contribution in [0.2, 0.25) is 0 Å². The van der Waals surface area contributed by atoms with Gasteiger partial charge in [0.05, 0.1) is 0 Å². The Kier molecular flexibility index (Phi) is 5.89.